The zero-order chi connectivity index (χ0) is 11.9. The van der Waals surface area contributed by atoms with Crippen molar-refractivity contribution < 1.29 is 11.0 Å². The third-order valence-electron chi connectivity index (χ3n) is 3.08. The maximum Gasteiger partial charge on any atom is 0.245 e. The van der Waals surface area contributed by atoms with Gasteiger partial charge in [0.15, 0.2) is 1.41 Å². The summed E-state index contributed by atoms with van der Waals surface area (Å²) in [6.45, 7) is 4.68. The molecule has 1 N–H and O–H groups in total. The zero-order valence-corrected chi connectivity index (χ0v) is 9.27. The predicted molar refractivity (Wildman–Crippen MR) is 56.1 cm³/mol. The molecule has 0 aromatic carbocycles. The molecule has 4 heteroatoms. The molecule has 2 saturated heterocycles. The van der Waals surface area contributed by atoms with Crippen molar-refractivity contribution in [3.05, 3.63) is 0 Å². The number of piperazine rings is 1. The fourth-order valence-corrected chi connectivity index (χ4v) is 2.37. The van der Waals surface area contributed by atoms with E-state index in [-0.39, 0.29) is 17.9 Å². The molecule has 0 saturated carbocycles. The fourth-order valence-electron chi connectivity index (χ4n) is 2.37. The van der Waals surface area contributed by atoms with Crippen LogP contribution >= 0.6 is 0 Å². The highest BCUT2D eigenvalue weighted by Gasteiger charge is 2.42. The Balaban J connectivity index is 2.20. The van der Waals surface area contributed by atoms with Gasteiger partial charge in [-0.05, 0) is 25.2 Å². The molecule has 2 heterocycles. The quantitative estimate of drug-likeness (QED) is 0.724. The van der Waals surface area contributed by atoms with Crippen LogP contribution in [-0.2, 0) is 9.59 Å². The van der Waals surface area contributed by atoms with Gasteiger partial charge in [0.2, 0.25) is 11.8 Å². The number of hydrogen-bond donors (Lipinski definition) is 1. The average Bonchev–Trinajstić information content (AvgIpc) is 2.70. The minimum absolute atomic E-state index is 0.0363. The summed E-state index contributed by atoms with van der Waals surface area (Å²) >= 11 is 0. The summed E-state index contributed by atoms with van der Waals surface area (Å²) in [6, 6.07) is -0.921. The molecule has 2 atom stereocenters. The summed E-state index contributed by atoms with van der Waals surface area (Å²) in [5.41, 5.74) is 0. The molecule has 0 aromatic rings. The van der Waals surface area contributed by atoms with E-state index < -0.39 is 6.04 Å². The van der Waals surface area contributed by atoms with Crippen LogP contribution in [0.2, 0.25) is 1.41 Å². The van der Waals surface area contributed by atoms with Gasteiger partial charge in [0.1, 0.15) is 12.1 Å². The van der Waals surface area contributed by atoms with Crippen LogP contribution in [0.15, 0.2) is 0 Å². The van der Waals surface area contributed by atoms with Crippen LogP contribution in [0.1, 0.15) is 33.1 Å². The van der Waals surface area contributed by atoms with Crippen molar-refractivity contribution in [3.63, 3.8) is 0 Å². The summed E-state index contributed by atoms with van der Waals surface area (Å²) in [5, 5.41) is 0.912. The first-order chi connectivity index (χ1) is 7.52. The first-order valence-electron chi connectivity index (χ1n) is 6.09. The first-order valence-corrected chi connectivity index (χ1v) is 5.64. The molecular formula is C11H18N2O2. The zero-order valence-electron chi connectivity index (χ0n) is 10.3. The molecule has 2 rings (SSSR count). The molecule has 2 amide bonds. The van der Waals surface area contributed by atoms with Crippen molar-refractivity contribution in [1.29, 1.82) is 0 Å². The van der Waals surface area contributed by atoms with Crippen molar-refractivity contribution in [2.45, 2.75) is 45.2 Å². The second kappa shape index (κ2) is 3.83. The second-order valence-electron chi connectivity index (χ2n) is 4.80. The number of carbonyl (C=O) groups is 2. The molecule has 0 bridgehead atoms. The van der Waals surface area contributed by atoms with Gasteiger partial charge in [-0.25, -0.2) is 0 Å². The lowest BCUT2D eigenvalue weighted by Crippen LogP contribution is -2.61. The van der Waals surface area contributed by atoms with Crippen molar-refractivity contribution in [3.8, 4) is 0 Å². The smallest absolute Gasteiger partial charge is 0.245 e. The van der Waals surface area contributed by atoms with Gasteiger partial charge in [-0.2, -0.15) is 0 Å². The molecule has 0 radical (unpaired) electrons. The Bertz CT molecular complexity index is 319. The van der Waals surface area contributed by atoms with E-state index in [9.17, 15) is 9.59 Å². The van der Waals surface area contributed by atoms with Crippen molar-refractivity contribution in [2.24, 2.45) is 5.92 Å². The Morgan fingerprint density at radius 1 is 1.60 bits per heavy atom. The van der Waals surface area contributed by atoms with Crippen molar-refractivity contribution >= 4 is 11.8 Å². The number of nitrogens with zero attached hydrogens (tertiary/aromatic N) is 1. The van der Waals surface area contributed by atoms with Crippen LogP contribution in [0.3, 0.4) is 0 Å². The number of rotatable bonds is 2. The van der Waals surface area contributed by atoms with Gasteiger partial charge in [-0.3, -0.25) is 9.59 Å². The largest absolute Gasteiger partial charge is 0.342 e. The van der Waals surface area contributed by atoms with Crippen LogP contribution in [0, 0.1) is 5.92 Å². The van der Waals surface area contributed by atoms with Gasteiger partial charge in [-0.15, -0.1) is 0 Å². The molecule has 15 heavy (non-hydrogen) atoms. The molecule has 2 aliphatic rings. The Labute approximate surface area is 91.5 Å². The van der Waals surface area contributed by atoms with Crippen LogP contribution in [0.25, 0.3) is 0 Å². The van der Waals surface area contributed by atoms with Gasteiger partial charge < -0.3 is 10.2 Å². The number of carbonyl (C=O) groups excluding carboxylic acids is 2. The lowest BCUT2D eigenvalue weighted by molar-refractivity contribution is -0.147. The lowest BCUT2D eigenvalue weighted by Gasteiger charge is -2.35. The van der Waals surface area contributed by atoms with Crippen LogP contribution < -0.4 is 5.31 Å². The molecule has 2 aliphatic heterocycles. The summed E-state index contributed by atoms with van der Waals surface area (Å²) in [7, 11) is 0. The minimum atomic E-state index is -0.568. The van der Waals surface area contributed by atoms with Gasteiger partial charge in [0.05, 0.1) is 0 Å². The molecule has 0 aromatic heterocycles. The molecule has 84 valence electrons. The molecular weight excluding hydrogens is 192 g/mol. The van der Waals surface area contributed by atoms with E-state index in [4.69, 9.17) is 1.41 Å². The highest BCUT2D eigenvalue weighted by Crippen LogP contribution is 2.23. The van der Waals surface area contributed by atoms with E-state index in [1.54, 1.807) is 4.90 Å². The van der Waals surface area contributed by atoms with Gasteiger partial charge in [0.25, 0.3) is 0 Å². The Hall–Kier alpha value is -1.06. The van der Waals surface area contributed by atoms with E-state index >= 15 is 0 Å². The fraction of sp³-hybridized carbons (Fsp3) is 0.818. The van der Waals surface area contributed by atoms with Crippen LogP contribution in [0.4, 0.5) is 0 Å². The Morgan fingerprint density at radius 2 is 2.33 bits per heavy atom. The average molecular weight is 211 g/mol. The summed E-state index contributed by atoms with van der Waals surface area (Å²) in [6.07, 6.45) is 2.18. The summed E-state index contributed by atoms with van der Waals surface area (Å²) in [5.74, 6) is 0.0716. The maximum atomic E-state index is 12.1. The van der Waals surface area contributed by atoms with E-state index in [0.29, 0.717) is 25.3 Å². The van der Waals surface area contributed by atoms with Crippen LogP contribution in [-0.4, -0.2) is 35.3 Å². The number of fused-ring (bicyclic) bond motifs is 1. The van der Waals surface area contributed by atoms with Gasteiger partial charge in [-0.1, -0.05) is 13.8 Å². The second-order valence-corrected chi connectivity index (χ2v) is 4.80. The van der Waals surface area contributed by atoms with Gasteiger partial charge >= 0.3 is 0 Å². The number of hydrogen-bond acceptors (Lipinski definition) is 2. The standard InChI is InChI=1S/C11H18N2O2/c1-7(2)6-8-11(15)13-5-3-4-9(13)10(14)12-8/h7-9H,3-6H2,1-2H3,(H,12,14)/t8-,9+/m1/s1/i/hD. The lowest BCUT2D eigenvalue weighted by atomic mass is 9.99. The summed E-state index contributed by atoms with van der Waals surface area (Å²) in [4.78, 5) is 25.7. The Kier molecular flexibility index (Phi) is 2.35. The molecule has 2 fully saturated rings. The highest BCUT2D eigenvalue weighted by molar-refractivity contribution is 5.97. The first kappa shape index (κ1) is 9.19. The normalized spacial score (nSPS) is 32.3. The topological polar surface area (TPSA) is 49.4 Å². The number of amides is 2. The van der Waals surface area contributed by atoms with E-state index in [1.165, 1.54) is 0 Å². The van der Waals surface area contributed by atoms with E-state index in [2.05, 4.69) is 0 Å². The SMILES string of the molecule is [2H]N1C(=O)[C@@H]2CCCN2C(=O)[C@H]1CC(C)C. The predicted octanol–water partition coefficient (Wildman–Crippen LogP) is 0.522. The van der Waals surface area contributed by atoms with Gasteiger partial charge in [0, 0.05) is 6.54 Å². The molecule has 0 unspecified atom stereocenters. The third kappa shape index (κ3) is 1.85. The third-order valence-corrected chi connectivity index (χ3v) is 3.08. The minimum Gasteiger partial charge on any atom is -0.342 e. The van der Waals surface area contributed by atoms with E-state index in [0.717, 1.165) is 11.7 Å². The number of nitrogens with one attached hydrogen (secondary N) is 1. The monoisotopic (exact) mass is 211 g/mol. The Morgan fingerprint density at radius 3 is 3.00 bits per heavy atom. The summed E-state index contributed by atoms with van der Waals surface area (Å²) < 4.78 is 7.75. The molecule has 0 aliphatic carbocycles. The highest BCUT2D eigenvalue weighted by atomic mass is 16.2. The van der Waals surface area contributed by atoms with Crippen molar-refractivity contribution in [2.75, 3.05) is 6.54 Å². The van der Waals surface area contributed by atoms with E-state index in [1.807, 2.05) is 13.8 Å². The molecule has 4 nitrogen and oxygen atoms in total. The maximum absolute atomic E-state index is 12.1. The van der Waals surface area contributed by atoms with Crippen molar-refractivity contribution in [1.82, 2.24) is 10.2 Å². The van der Waals surface area contributed by atoms with Crippen LogP contribution in [0.5, 0.6) is 0 Å². The molecule has 0 spiro atoms.